The van der Waals surface area contributed by atoms with Crippen LogP contribution in [0.25, 0.3) is 0 Å². The first-order chi connectivity index (χ1) is 13.1. The lowest BCUT2D eigenvalue weighted by Crippen LogP contribution is -2.15. The van der Waals surface area contributed by atoms with Gasteiger partial charge in [0.1, 0.15) is 12.4 Å². The summed E-state index contributed by atoms with van der Waals surface area (Å²) in [6.07, 6.45) is 3.47. The number of anilines is 1. The molecular weight excluding hydrogens is 348 g/mol. The van der Waals surface area contributed by atoms with Crippen molar-refractivity contribution < 1.29 is 14.5 Å². The predicted octanol–water partition coefficient (Wildman–Crippen LogP) is 3.05. The Morgan fingerprint density at radius 2 is 2.04 bits per heavy atom. The van der Waals surface area contributed by atoms with E-state index in [1.807, 2.05) is 12.3 Å². The van der Waals surface area contributed by atoms with Crippen molar-refractivity contribution in [2.24, 2.45) is 0 Å². The van der Waals surface area contributed by atoms with E-state index < -0.39 is 4.92 Å². The number of nitrogens with zero attached hydrogens (tertiary/aromatic N) is 3. The molecule has 0 bridgehead atoms. The second-order valence-corrected chi connectivity index (χ2v) is 5.76. The maximum Gasteiger partial charge on any atom is 0.273 e. The van der Waals surface area contributed by atoms with Crippen molar-refractivity contribution in [2.45, 2.75) is 13.0 Å². The molecule has 0 fully saturated rings. The maximum absolute atomic E-state index is 12.3. The SMILES string of the molecule is O=C(Cc1ccccc1[N+](=O)[O-])Nc1cccc(OCCn2cccn2)c1. The van der Waals surface area contributed by atoms with E-state index in [9.17, 15) is 14.9 Å². The third-order valence-electron chi connectivity index (χ3n) is 3.81. The Bertz CT molecular complexity index is 925. The molecule has 0 saturated carbocycles. The number of para-hydroxylation sites is 1. The Morgan fingerprint density at radius 1 is 1.19 bits per heavy atom. The fraction of sp³-hybridized carbons (Fsp3) is 0.158. The zero-order valence-corrected chi connectivity index (χ0v) is 14.4. The van der Waals surface area contributed by atoms with Gasteiger partial charge < -0.3 is 10.1 Å². The summed E-state index contributed by atoms with van der Waals surface area (Å²) in [5.74, 6) is 0.281. The van der Waals surface area contributed by atoms with E-state index in [4.69, 9.17) is 4.74 Å². The lowest BCUT2D eigenvalue weighted by molar-refractivity contribution is -0.385. The largest absolute Gasteiger partial charge is 0.492 e. The summed E-state index contributed by atoms with van der Waals surface area (Å²) >= 11 is 0. The van der Waals surface area contributed by atoms with Crippen LogP contribution in [0.4, 0.5) is 11.4 Å². The van der Waals surface area contributed by atoms with Crippen LogP contribution in [-0.4, -0.2) is 27.2 Å². The normalized spacial score (nSPS) is 10.4. The van der Waals surface area contributed by atoms with Crippen LogP contribution in [0.2, 0.25) is 0 Å². The molecule has 0 aliphatic carbocycles. The van der Waals surface area contributed by atoms with Crippen LogP contribution < -0.4 is 10.1 Å². The van der Waals surface area contributed by atoms with Gasteiger partial charge in [0.2, 0.25) is 5.91 Å². The van der Waals surface area contributed by atoms with Crippen molar-refractivity contribution in [2.75, 3.05) is 11.9 Å². The number of hydrogen-bond acceptors (Lipinski definition) is 5. The second-order valence-electron chi connectivity index (χ2n) is 5.76. The van der Waals surface area contributed by atoms with Crippen LogP contribution in [0.3, 0.4) is 0 Å². The predicted molar refractivity (Wildman–Crippen MR) is 99.6 cm³/mol. The van der Waals surface area contributed by atoms with Crippen molar-refractivity contribution in [3.63, 3.8) is 0 Å². The number of nitro benzene ring substituents is 1. The first kappa shape index (κ1) is 18.1. The number of nitrogens with one attached hydrogen (secondary N) is 1. The first-order valence-electron chi connectivity index (χ1n) is 8.34. The molecule has 3 aromatic rings. The molecule has 0 aliphatic heterocycles. The molecule has 1 aromatic heterocycles. The third-order valence-corrected chi connectivity index (χ3v) is 3.81. The van der Waals surface area contributed by atoms with Gasteiger partial charge in [-0.1, -0.05) is 24.3 Å². The van der Waals surface area contributed by atoms with Crippen molar-refractivity contribution in [1.29, 1.82) is 0 Å². The van der Waals surface area contributed by atoms with Crippen LogP contribution in [0, 0.1) is 10.1 Å². The Hall–Kier alpha value is -3.68. The number of carbonyl (C=O) groups is 1. The maximum atomic E-state index is 12.3. The zero-order valence-electron chi connectivity index (χ0n) is 14.4. The van der Waals surface area contributed by atoms with Gasteiger partial charge in [-0.3, -0.25) is 19.6 Å². The third kappa shape index (κ3) is 5.15. The Morgan fingerprint density at radius 3 is 2.81 bits per heavy atom. The number of benzene rings is 2. The lowest BCUT2D eigenvalue weighted by Gasteiger charge is -2.09. The minimum absolute atomic E-state index is 0.0663. The van der Waals surface area contributed by atoms with Crippen LogP contribution in [-0.2, 0) is 17.8 Å². The van der Waals surface area contributed by atoms with Crippen molar-refractivity contribution >= 4 is 17.3 Å². The summed E-state index contributed by atoms with van der Waals surface area (Å²) in [6.45, 7) is 1.05. The van der Waals surface area contributed by atoms with Gasteiger partial charge in [-0.2, -0.15) is 5.10 Å². The summed E-state index contributed by atoms with van der Waals surface area (Å²) < 4.78 is 7.43. The molecule has 1 heterocycles. The summed E-state index contributed by atoms with van der Waals surface area (Å²) in [5, 5.41) is 17.9. The molecule has 2 aromatic carbocycles. The van der Waals surface area contributed by atoms with Crippen molar-refractivity contribution in [3.05, 3.63) is 82.7 Å². The Labute approximate surface area is 155 Å². The minimum atomic E-state index is -0.489. The monoisotopic (exact) mass is 366 g/mol. The fourth-order valence-corrected chi connectivity index (χ4v) is 2.57. The molecule has 0 saturated heterocycles. The van der Waals surface area contributed by atoms with Gasteiger partial charge in [-0.25, -0.2) is 0 Å². The average molecular weight is 366 g/mol. The number of ether oxygens (including phenoxy) is 1. The van der Waals surface area contributed by atoms with Crippen LogP contribution in [0.1, 0.15) is 5.56 Å². The van der Waals surface area contributed by atoms with E-state index in [2.05, 4.69) is 10.4 Å². The first-order valence-corrected chi connectivity index (χ1v) is 8.34. The van der Waals surface area contributed by atoms with Gasteiger partial charge in [0.15, 0.2) is 0 Å². The summed E-state index contributed by atoms with van der Waals surface area (Å²) in [4.78, 5) is 22.8. The molecule has 0 radical (unpaired) electrons. The standard InChI is InChI=1S/C19H18N4O4/c24-19(13-15-5-1-2-8-18(15)23(25)26)21-16-6-3-7-17(14-16)27-12-11-22-10-4-9-20-22/h1-10,14H,11-13H2,(H,21,24). The quantitative estimate of drug-likeness (QED) is 0.488. The Balaban J connectivity index is 1.57. The molecule has 0 spiro atoms. The lowest BCUT2D eigenvalue weighted by atomic mass is 10.1. The number of rotatable bonds is 8. The topological polar surface area (TPSA) is 99.3 Å². The van der Waals surface area contributed by atoms with Crippen LogP contribution in [0.5, 0.6) is 5.75 Å². The molecular formula is C19H18N4O4. The van der Waals surface area contributed by atoms with Gasteiger partial charge >= 0.3 is 0 Å². The van der Waals surface area contributed by atoms with Gasteiger partial charge in [0.25, 0.3) is 5.69 Å². The number of hydrogen-bond donors (Lipinski definition) is 1. The molecule has 0 atom stereocenters. The molecule has 138 valence electrons. The highest BCUT2D eigenvalue weighted by molar-refractivity contribution is 5.93. The fourth-order valence-electron chi connectivity index (χ4n) is 2.57. The molecule has 0 aliphatic rings. The molecule has 0 unspecified atom stereocenters. The molecule has 27 heavy (non-hydrogen) atoms. The van der Waals surface area contributed by atoms with Crippen molar-refractivity contribution in [3.8, 4) is 5.75 Å². The molecule has 1 amide bonds. The van der Waals surface area contributed by atoms with E-state index in [0.717, 1.165) is 0 Å². The van der Waals surface area contributed by atoms with Crippen molar-refractivity contribution in [1.82, 2.24) is 9.78 Å². The molecule has 3 rings (SSSR count). The van der Waals surface area contributed by atoms with Gasteiger partial charge in [0, 0.05) is 35.8 Å². The van der Waals surface area contributed by atoms with Crippen LogP contribution >= 0.6 is 0 Å². The van der Waals surface area contributed by atoms with Crippen LogP contribution in [0.15, 0.2) is 67.0 Å². The highest BCUT2D eigenvalue weighted by atomic mass is 16.6. The van der Waals surface area contributed by atoms with Gasteiger partial charge in [0.05, 0.1) is 17.9 Å². The molecule has 8 nitrogen and oxygen atoms in total. The van der Waals surface area contributed by atoms with E-state index in [1.54, 1.807) is 53.3 Å². The van der Waals surface area contributed by atoms with E-state index >= 15 is 0 Å². The number of aromatic nitrogens is 2. The molecule has 8 heteroatoms. The molecule has 1 N–H and O–H groups in total. The summed E-state index contributed by atoms with van der Waals surface area (Å²) in [5.41, 5.74) is 0.866. The smallest absolute Gasteiger partial charge is 0.273 e. The van der Waals surface area contributed by atoms with E-state index in [0.29, 0.717) is 30.2 Å². The Kier molecular flexibility index (Phi) is 5.78. The highest BCUT2D eigenvalue weighted by Gasteiger charge is 2.15. The van der Waals surface area contributed by atoms with Gasteiger partial charge in [-0.05, 0) is 18.2 Å². The summed E-state index contributed by atoms with van der Waals surface area (Å²) in [7, 11) is 0. The zero-order chi connectivity index (χ0) is 19.1. The number of nitro groups is 1. The minimum Gasteiger partial charge on any atom is -0.492 e. The number of carbonyl (C=O) groups excluding carboxylic acids is 1. The summed E-state index contributed by atoms with van der Waals surface area (Å²) in [6, 6.07) is 15.0. The number of amides is 1. The van der Waals surface area contributed by atoms with E-state index in [-0.39, 0.29) is 18.0 Å². The highest BCUT2D eigenvalue weighted by Crippen LogP contribution is 2.20. The van der Waals surface area contributed by atoms with Gasteiger partial charge in [-0.15, -0.1) is 0 Å². The second kappa shape index (κ2) is 8.61. The average Bonchev–Trinajstić information content (AvgIpc) is 3.16. The van der Waals surface area contributed by atoms with E-state index in [1.165, 1.54) is 6.07 Å².